The van der Waals surface area contributed by atoms with Gasteiger partial charge in [-0.15, -0.1) is 0 Å². The molecule has 3 rings (SSSR count). The Bertz CT molecular complexity index is 788. The van der Waals surface area contributed by atoms with Gasteiger partial charge in [-0.3, -0.25) is 4.79 Å². The van der Waals surface area contributed by atoms with Crippen LogP contribution in [0.2, 0.25) is 0 Å². The number of amides is 1. The standard InChI is InChI=1S/C22H32N4O3/c1-3-4-13-26-22(18-6-5-12-25(14-11-18)21(28)16-27)23-20(24-26)15-17-7-9-19(29-2)10-8-17/h7-10,18,27H,3-6,11-16H2,1-2H3. The number of carbonyl (C=O) groups excluding carboxylic acids is 1. The van der Waals surface area contributed by atoms with Crippen molar-refractivity contribution in [3.05, 3.63) is 41.5 Å². The highest BCUT2D eigenvalue weighted by molar-refractivity contribution is 5.77. The Morgan fingerprint density at radius 1 is 1.24 bits per heavy atom. The fourth-order valence-electron chi connectivity index (χ4n) is 3.88. The van der Waals surface area contributed by atoms with E-state index in [-0.39, 0.29) is 5.91 Å². The van der Waals surface area contributed by atoms with Gasteiger partial charge in [0.05, 0.1) is 7.11 Å². The van der Waals surface area contributed by atoms with Crippen molar-refractivity contribution in [2.75, 3.05) is 26.8 Å². The third-order valence-electron chi connectivity index (χ3n) is 5.57. The van der Waals surface area contributed by atoms with Gasteiger partial charge in [-0.05, 0) is 43.4 Å². The van der Waals surface area contributed by atoms with E-state index in [1.807, 2.05) is 12.1 Å². The molecule has 158 valence electrons. The van der Waals surface area contributed by atoms with E-state index in [9.17, 15) is 4.79 Å². The number of unbranched alkanes of at least 4 members (excludes halogenated alkanes) is 1. The zero-order valence-electron chi connectivity index (χ0n) is 17.5. The third kappa shape index (κ3) is 5.56. The number of rotatable bonds is 8. The van der Waals surface area contributed by atoms with E-state index >= 15 is 0 Å². The molecule has 29 heavy (non-hydrogen) atoms. The van der Waals surface area contributed by atoms with E-state index in [1.54, 1.807) is 12.0 Å². The molecular weight excluding hydrogens is 368 g/mol. The zero-order chi connectivity index (χ0) is 20.6. The summed E-state index contributed by atoms with van der Waals surface area (Å²) in [6.45, 7) is 4.01. The summed E-state index contributed by atoms with van der Waals surface area (Å²) >= 11 is 0. The first kappa shape index (κ1) is 21.3. The molecule has 1 aromatic carbocycles. The average molecular weight is 401 g/mol. The minimum absolute atomic E-state index is 0.182. The minimum Gasteiger partial charge on any atom is -0.497 e. The molecule has 0 aliphatic carbocycles. The van der Waals surface area contributed by atoms with Crippen LogP contribution in [0.15, 0.2) is 24.3 Å². The third-order valence-corrected chi connectivity index (χ3v) is 5.57. The molecule has 1 fully saturated rings. The predicted octanol–water partition coefficient (Wildman–Crippen LogP) is 2.77. The zero-order valence-corrected chi connectivity index (χ0v) is 17.5. The smallest absolute Gasteiger partial charge is 0.248 e. The van der Waals surface area contributed by atoms with Gasteiger partial charge < -0.3 is 14.7 Å². The highest BCUT2D eigenvalue weighted by Gasteiger charge is 2.25. The summed E-state index contributed by atoms with van der Waals surface area (Å²) in [4.78, 5) is 18.6. The van der Waals surface area contributed by atoms with Gasteiger partial charge in [0.15, 0.2) is 5.82 Å². The number of aryl methyl sites for hydroxylation is 1. The molecule has 7 nitrogen and oxygen atoms in total. The average Bonchev–Trinajstić information content (AvgIpc) is 2.98. The lowest BCUT2D eigenvalue weighted by atomic mass is 10.00. The van der Waals surface area contributed by atoms with Gasteiger partial charge >= 0.3 is 0 Å². The highest BCUT2D eigenvalue weighted by atomic mass is 16.5. The molecule has 1 atom stereocenters. The second-order valence-electron chi connectivity index (χ2n) is 7.65. The van der Waals surface area contributed by atoms with Crippen molar-refractivity contribution in [1.29, 1.82) is 0 Å². The van der Waals surface area contributed by atoms with E-state index in [4.69, 9.17) is 19.9 Å². The number of nitrogens with zero attached hydrogens (tertiary/aromatic N) is 4. The summed E-state index contributed by atoms with van der Waals surface area (Å²) in [5.41, 5.74) is 1.16. The number of ether oxygens (including phenoxy) is 1. The summed E-state index contributed by atoms with van der Waals surface area (Å²) in [5, 5.41) is 14.0. The number of likely N-dealkylation sites (tertiary alicyclic amines) is 1. The van der Waals surface area contributed by atoms with Crippen LogP contribution in [-0.4, -0.2) is 57.5 Å². The first-order valence-electron chi connectivity index (χ1n) is 10.6. The fraction of sp³-hybridized carbons (Fsp3) is 0.591. The van der Waals surface area contributed by atoms with Crippen LogP contribution in [-0.2, 0) is 17.8 Å². The molecule has 2 heterocycles. The van der Waals surface area contributed by atoms with E-state index in [0.29, 0.717) is 25.4 Å². The summed E-state index contributed by atoms with van der Waals surface area (Å²) in [5.74, 6) is 2.84. The summed E-state index contributed by atoms with van der Waals surface area (Å²) in [6, 6.07) is 8.02. The number of aromatic nitrogens is 3. The first-order valence-corrected chi connectivity index (χ1v) is 10.6. The Hall–Kier alpha value is -2.41. The molecule has 1 amide bonds. The molecule has 0 saturated carbocycles. The van der Waals surface area contributed by atoms with Gasteiger partial charge in [0.25, 0.3) is 0 Å². The maximum Gasteiger partial charge on any atom is 0.248 e. The molecule has 0 spiro atoms. The molecule has 1 N–H and O–H groups in total. The maximum absolute atomic E-state index is 11.9. The van der Waals surface area contributed by atoms with Crippen LogP contribution in [0, 0.1) is 0 Å². The molecule has 1 aliphatic heterocycles. The Balaban J connectivity index is 1.76. The summed E-state index contributed by atoms with van der Waals surface area (Å²) < 4.78 is 7.31. The Labute approximate surface area is 172 Å². The van der Waals surface area contributed by atoms with Gasteiger partial charge in [-0.1, -0.05) is 25.5 Å². The largest absolute Gasteiger partial charge is 0.497 e. The number of benzene rings is 1. The van der Waals surface area contributed by atoms with Crippen LogP contribution in [0.1, 0.15) is 62.2 Å². The molecule has 0 radical (unpaired) electrons. The van der Waals surface area contributed by atoms with Crippen molar-refractivity contribution < 1.29 is 14.6 Å². The van der Waals surface area contributed by atoms with Crippen LogP contribution < -0.4 is 4.74 Å². The molecule has 1 unspecified atom stereocenters. The lowest BCUT2D eigenvalue weighted by Crippen LogP contribution is -2.34. The Morgan fingerprint density at radius 2 is 2.03 bits per heavy atom. The van der Waals surface area contributed by atoms with Crippen LogP contribution in [0.5, 0.6) is 5.75 Å². The van der Waals surface area contributed by atoms with Crippen LogP contribution in [0.3, 0.4) is 0 Å². The first-order chi connectivity index (χ1) is 14.1. The van der Waals surface area contributed by atoms with Gasteiger partial charge in [0.1, 0.15) is 18.2 Å². The number of aliphatic hydroxyl groups is 1. The molecule has 1 aromatic heterocycles. The van der Waals surface area contributed by atoms with Gasteiger partial charge in [-0.2, -0.15) is 5.10 Å². The topological polar surface area (TPSA) is 80.5 Å². The number of aliphatic hydroxyl groups excluding tert-OH is 1. The second kappa shape index (κ2) is 10.4. The summed E-state index contributed by atoms with van der Waals surface area (Å²) in [7, 11) is 1.67. The Kier molecular flexibility index (Phi) is 7.63. The quantitative estimate of drug-likeness (QED) is 0.737. The van der Waals surface area contributed by atoms with E-state index in [2.05, 4.69) is 23.7 Å². The van der Waals surface area contributed by atoms with Crippen molar-refractivity contribution in [2.24, 2.45) is 0 Å². The normalized spacial score (nSPS) is 17.2. The van der Waals surface area contributed by atoms with Crippen molar-refractivity contribution in [3.63, 3.8) is 0 Å². The lowest BCUT2D eigenvalue weighted by molar-refractivity contribution is -0.134. The van der Waals surface area contributed by atoms with Crippen LogP contribution in [0.25, 0.3) is 0 Å². The maximum atomic E-state index is 11.9. The van der Waals surface area contributed by atoms with Crippen molar-refractivity contribution in [3.8, 4) is 5.75 Å². The highest BCUT2D eigenvalue weighted by Crippen LogP contribution is 2.28. The monoisotopic (exact) mass is 400 g/mol. The molecule has 7 heteroatoms. The molecule has 1 aliphatic rings. The number of methoxy groups -OCH3 is 1. The fourth-order valence-corrected chi connectivity index (χ4v) is 3.88. The van der Waals surface area contributed by atoms with Crippen molar-refractivity contribution in [1.82, 2.24) is 19.7 Å². The van der Waals surface area contributed by atoms with E-state index < -0.39 is 6.61 Å². The predicted molar refractivity (Wildman–Crippen MR) is 111 cm³/mol. The van der Waals surface area contributed by atoms with Gasteiger partial charge in [0, 0.05) is 32.0 Å². The van der Waals surface area contributed by atoms with Gasteiger partial charge in [-0.25, -0.2) is 9.67 Å². The molecule has 0 bridgehead atoms. The molecule has 1 saturated heterocycles. The lowest BCUT2D eigenvalue weighted by Gasteiger charge is -2.19. The molecule has 2 aromatic rings. The SMILES string of the molecule is CCCCn1nc(Cc2ccc(OC)cc2)nc1C1CCCN(C(=O)CO)CC1. The number of hydrogen-bond donors (Lipinski definition) is 1. The Morgan fingerprint density at radius 3 is 2.72 bits per heavy atom. The second-order valence-corrected chi connectivity index (χ2v) is 7.65. The van der Waals surface area contributed by atoms with Crippen LogP contribution >= 0.6 is 0 Å². The minimum atomic E-state index is -0.413. The molecular formula is C22H32N4O3. The van der Waals surface area contributed by atoms with Gasteiger partial charge in [0.2, 0.25) is 5.91 Å². The van der Waals surface area contributed by atoms with Crippen molar-refractivity contribution in [2.45, 2.75) is 57.9 Å². The van der Waals surface area contributed by atoms with Crippen LogP contribution in [0.4, 0.5) is 0 Å². The van der Waals surface area contributed by atoms with E-state index in [0.717, 1.165) is 61.6 Å². The number of hydrogen-bond acceptors (Lipinski definition) is 5. The van der Waals surface area contributed by atoms with E-state index in [1.165, 1.54) is 0 Å². The number of carbonyl (C=O) groups is 1. The summed E-state index contributed by atoms with van der Waals surface area (Å²) in [6.07, 6.45) is 5.64. The van der Waals surface area contributed by atoms with Crippen molar-refractivity contribution >= 4 is 5.91 Å².